The van der Waals surface area contributed by atoms with Crippen LogP contribution in [0.2, 0.25) is 0 Å². The third-order valence-corrected chi connectivity index (χ3v) is 2.95. The molecule has 16 heavy (non-hydrogen) atoms. The van der Waals surface area contributed by atoms with Gasteiger partial charge in [-0.2, -0.15) is 5.10 Å². The van der Waals surface area contributed by atoms with E-state index in [1.54, 1.807) is 14.2 Å². The van der Waals surface area contributed by atoms with Crippen molar-refractivity contribution < 1.29 is 9.53 Å². The highest BCUT2D eigenvalue weighted by atomic mass is 16.5. The molecule has 6 heteroatoms. The molecule has 0 saturated heterocycles. The summed E-state index contributed by atoms with van der Waals surface area (Å²) in [6.07, 6.45) is 3.47. The summed E-state index contributed by atoms with van der Waals surface area (Å²) >= 11 is 0. The molecule has 88 valence electrons. The van der Waals surface area contributed by atoms with Crippen molar-refractivity contribution in [2.45, 2.75) is 25.0 Å². The number of hydrogen-bond donors (Lipinski definition) is 2. The fraction of sp³-hybridized carbons (Fsp3) is 0.600. The average Bonchev–Trinajstić information content (AvgIpc) is 2.51. The molecule has 6 nitrogen and oxygen atoms in total. The van der Waals surface area contributed by atoms with Gasteiger partial charge in [0.2, 0.25) is 0 Å². The van der Waals surface area contributed by atoms with Gasteiger partial charge in [-0.05, 0) is 12.8 Å². The molecule has 0 bridgehead atoms. The Bertz CT molecular complexity index is 376. The van der Waals surface area contributed by atoms with Crippen molar-refractivity contribution in [1.82, 2.24) is 15.1 Å². The lowest BCUT2D eigenvalue weighted by Gasteiger charge is -2.34. The quantitative estimate of drug-likeness (QED) is 0.751. The first-order chi connectivity index (χ1) is 7.61. The van der Waals surface area contributed by atoms with Gasteiger partial charge in [-0.15, -0.1) is 0 Å². The maximum atomic E-state index is 11.9. The fourth-order valence-electron chi connectivity index (χ4n) is 1.86. The molecule has 1 aromatic heterocycles. The molecular formula is C10H16N4O2. The minimum absolute atomic E-state index is 0.169. The molecule has 0 unspecified atom stereocenters. The highest BCUT2D eigenvalue weighted by Crippen LogP contribution is 2.23. The number of nitrogens with zero attached hydrogens (tertiary/aromatic N) is 2. The van der Waals surface area contributed by atoms with E-state index in [4.69, 9.17) is 10.5 Å². The number of nitrogens with one attached hydrogen (secondary N) is 1. The van der Waals surface area contributed by atoms with Gasteiger partial charge in [-0.25, -0.2) is 0 Å². The average molecular weight is 224 g/mol. The van der Waals surface area contributed by atoms with Crippen LogP contribution < -0.4 is 11.1 Å². The molecule has 1 saturated carbocycles. The van der Waals surface area contributed by atoms with Crippen LogP contribution in [-0.2, 0) is 11.8 Å². The Morgan fingerprint density at radius 3 is 2.88 bits per heavy atom. The van der Waals surface area contributed by atoms with E-state index in [1.807, 2.05) is 0 Å². The van der Waals surface area contributed by atoms with Crippen LogP contribution in [0.3, 0.4) is 0 Å². The second-order valence-corrected chi connectivity index (χ2v) is 4.07. The molecule has 0 spiro atoms. The molecule has 3 N–H and O–H groups in total. The Hall–Kier alpha value is -1.56. The third kappa shape index (κ3) is 1.88. The van der Waals surface area contributed by atoms with E-state index in [0.717, 1.165) is 12.8 Å². The number of nitrogens with two attached hydrogens (primary N) is 1. The van der Waals surface area contributed by atoms with E-state index in [-0.39, 0.29) is 18.1 Å². The maximum Gasteiger partial charge on any atom is 0.271 e. The number of rotatable bonds is 3. The molecule has 1 amide bonds. The van der Waals surface area contributed by atoms with Crippen LogP contribution in [0.1, 0.15) is 23.3 Å². The van der Waals surface area contributed by atoms with E-state index < -0.39 is 0 Å². The molecule has 1 aliphatic rings. The predicted molar refractivity (Wildman–Crippen MR) is 58.9 cm³/mol. The molecular weight excluding hydrogens is 208 g/mol. The van der Waals surface area contributed by atoms with Crippen molar-refractivity contribution in [3.63, 3.8) is 0 Å². The summed E-state index contributed by atoms with van der Waals surface area (Å²) < 4.78 is 6.63. The Morgan fingerprint density at radius 1 is 1.69 bits per heavy atom. The minimum atomic E-state index is -0.169. The predicted octanol–water partition coefficient (Wildman–Crippen LogP) is -0.0905. The molecule has 1 aromatic rings. The number of nitrogen functional groups attached to an aromatic ring is 1. The molecule has 0 aliphatic heterocycles. The van der Waals surface area contributed by atoms with E-state index >= 15 is 0 Å². The zero-order valence-corrected chi connectivity index (χ0v) is 9.43. The van der Waals surface area contributed by atoms with Crippen LogP contribution in [0.5, 0.6) is 0 Å². The van der Waals surface area contributed by atoms with Crippen LogP contribution in [0.4, 0.5) is 5.69 Å². The summed E-state index contributed by atoms with van der Waals surface area (Å²) in [6.45, 7) is 0. The summed E-state index contributed by atoms with van der Waals surface area (Å²) in [5.41, 5.74) is 6.48. The van der Waals surface area contributed by atoms with Gasteiger partial charge < -0.3 is 15.8 Å². The molecule has 1 fully saturated rings. The lowest BCUT2D eigenvalue weighted by Crippen LogP contribution is -2.47. The van der Waals surface area contributed by atoms with Crippen molar-refractivity contribution >= 4 is 11.6 Å². The summed E-state index contributed by atoms with van der Waals surface area (Å²) in [5, 5.41) is 6.83. The van der Waals surface area contributed by atoms with Crippen LogP contribution in [0.15, 0.2) is 6.20 Å². The number of aryl methyl sites for hydroxylation is 1. The van der Waals surface area contributed by atoms with Crippen molar-refractivity contribution in [3.05, 3.63) is 11.9 Å². The first-order valence-electron chi connectivity index (χ1n) is 5.23. The summed E-state index contributed by atoms with van der Waals surface area (Å²) in [6, 6.07) is 0.187. The standard InChI is InChI=1S/C10H16N4O2/c1-14-9(8(11)5-12-14)10(15)13-6-3-7(4-6)16-2/h5-7H,3-4,11H2,1-2H3,(H,13,15). The number of carbonyl (C=O) groups excluding carboxylic acids is 1. The highest BCUT2D eigenvalue weighted by molar-refractivity contribution is 5.97. The molecule has 1 heterocycles. The number of hydrogen-bond acceptors (Lipinski definition) is 4. The van der Waals surface area contributed by atoms with Gasteiger partial charge in [0.05, 0.1) is 18.0 Å². The van der Waals surface area contributed by atoms with Crippen LogP contribution in [-0.4, -0.2) is 34.9 Å². The van der Waals surface area contributed by atoms with Crippen molar-refractivity contribution in [2.75, 3.05) is 12.8 Å². The lowest BCUT2D eigenvalue weighted by molar-refractivity contribution is 0.0175. The van der Waals surface area contributed by atoms with Crippen LogP contribution in [0.25, 0.3) is 0 Å². The smallest absolute Gasteiger partial charge is 0.271 e. The van der Waals surface area contributed by atoms with E-state index in [9.17, 15) is 4.79 Å². The largest absolute Gasteiger partial charge is 0.396 e. The zero-order chi connectivity index (χ0) is 11.7. The van der Waals surface area contributed by atoms with Gasteiger partial charge in [-0.1, -0.05) is 0 Å². The van der Waals surface area contributed by atoms with Crippen LogP contribution in [0, 0.1) is 0 Å². The van der Waals surface area contributed by atoms with E-state index in [2.05, 4.69) is 10.4 Å². The Balaban J connectivity index is 1.94. The van der Waals surface area contributed by atoms with Gasteiger partial charge in [0.15, 0.2) is 0 Å². The van der Waals surface area contributed by atoms with E-state index in [0.29, 0.717) is 11.4 Å². The van der Waals surface area contributed by atoms with Gasteiger partial charge in [0.25, 0.3) is 5.91 Å². The first kappa shape index (κ1) is 10.9. The molecule has 0 atom stereocenters. The Kier molecular flexibility index (Phi) is 2.82. The summed E-state index contributed by atoms with van der Waals surface area (Å²) in [5.74, 6) is -0.169. The zero-order valence-electron chi connectivity index (χ0n) is 9.43. The molecule has 0 radical (unpaired) electrons. The van der Waals surface area contributed by atoms with Crippen molar-refractivity contribution in [1.29, 1.82) is 0 Å². The number of anilines is 1. The number of ether oxygens (including phenoxy) is 1. The Morgan fingerprint density at radius 2 is 2.38 bits per heavy atom. The van der Waals surface area contributed by atoms with Gasteiger partial charge >= 0.3 is 0 Å². The fourth-order valence-corrected chi connectivity index (χ4v) is 1.86. The number of methoxy groups -OCH3 is 1. The highest BCUT2D eigenvalue weighted by Gasteiger charge is 2.31. The van der Waals surface area contributed by atoms with Crippen molar-refractivity contribution in [2.24, 2.45) is 7.05 Å². The topological polar surface area (TPSA) is 82.2 Å². The second-order valence-electron chi connectivity index (χ2n) is 4.07. The number of carbonyl (C=O) groups is 1. The first-order valence-corrected chi connectivity index (χ1v) is 5.23. The number of amides is 1. The second kappa shape index (κ2) is 4.13. The minimum Gasteiger partial charge on any atom is -0.396 e. The summed E-state index contributed by atoms with van der Waals surface area (Å²) in [7, 11) is 3.38. The van der Waals surface area contributed by atoms with Crippen molar-refractivity contribution in [3.8, 4) is 0 Å². The monoisotopic (exact) mass is 224 g/mol. The number of aromatic nitrogens is 2. The van der Waals surface area contributed by atoms with Gasteiger partial charge in [-0.3, -0.25) is 9.48 Å². The molecule has 1 aliphatic carbocycles. The normalized spacial score (nSPS) is 23.9. The molecule has 2 rings (SSSR count). The lowest BCUT2D eigenvalue weighted by atomic mass is 9.89. The third-order valence-electron chi connectivity index (χ3n) is 2.95. The van der Waals surface area contributed by atoms with Gasteiger partial charge in [0.1, 0.15) is 5.69 Å². The van der Waals surface area contributed by atoms with E-state index in [1.165, 1.54) is 10.9 Å². The maximum absolute atomic E-state index is 11.9. The summed E-state index contributed by atoms with van der Waals surface area (Å²) in [4.78, 5) is 11.9. The molecule has 0 aromatic carbocycles. The van der Waals surface area contributed by atoms with Crippen LogP contribution >= 0.6 is 0 Å². The van der Waals surface area contributed by atoms with Gasteiger partial charge in [0, 0.05) is 20.2 Å². The SMILES string of the molecule is COC1CC(NC(=O)c2c(N)cnn2C)C1. The Labute approximate surface area is 93.8 Å².